The van der Waals surface area contributed by atoms with Crippen molar-refractivity contribution >= 4 is 34.0 Å². The van der Waals surface area contributed by atoms with Gasteiger partial charge in [-0.25, -0.2) is 4.98 Å². The lowest BCUT2D eigenvalue weighted by Gasteiger charge is -2.11. The Bertz CT molecular complexity index is 593. The van der Waals surface area contributed by atoms with E-state index in [0.717, 1.165) is 5.69 Å². The standard InChI is InChI=1S/C13H13ClN2O3S/c1-18-9-4-3-5-10(19-2)11(9)12(17)16-13-15-8(6-14)7-20-13/h3-5,7H,6H2,1-2H3,(H,15,16,17). The first-order valence-corrected chi connectivity index (χ1v) is 7.13. The van der Waals surface area contributed by atoms with Crippen molar-refractivity contribution in [3.05, 3.63) is 34.8 Å². The zero-order chi connectivity index (χ0) is 14.5. The van der Waals surface area contributed by atoms with E-state index in [0.29, 0.717) is 28.1 Å². The zero-order valence-corrected chi connectivity index (χ0v) is 12.5. The molecule has 5 nitrogen and oxygen atoms in total. The molecule has 1 N–H and O–H groups in total. The molecule has 1 heterocycles. The van der Waals surface area contributed by atoms with Gasteiger partial charge in [0, 0.05) is 5.38 Å². The van der Waals surface area contributed by atoms with Gasteiger partial charge in [-0.3, -0.25) is 10.1 Å². The largest absolute Gasteiger partial charge is 0.496 e. The Kier molecular flexibility index (Phi) is 4.81. The van der Waals surface area contributed by atoms with Crippen molar-refractivity contribution in [3.63, 3.8) is 0 Å². The lowest BCUT2D eigenvalue weighted by atomic mass is 10.1. The van der Waals surface area contributed by atoms with Crippen molar-refractivity contribution in [1.29, 1.82) is 0 Å². The van der Waals surface area contributed by atoms with Gasteiger partial charge in [0.2, 0.25) is 0 Å². The lowest BCUT2D eigenvalue weighted by Crippen LogP contribution is -2.14. The molecule has 1 amide bonds. The molecule has 0 aliphatic carbocycles. The third-order valence-corrected chi connectivity index (χ3v) is 3.64. The van der Waals surface area contributed by atoms with Crippen molar-refractivity contribution < 1.29 is 14.3 Å². The highest BCUT2D eigenvalue weighted by Gasteiger charge is 2.19. The van der Waals surface area contributed by atoms with E-state index < -0.39 is 0 Å². The number of hydrogen-bond donors (Lipinski definition) is 1. The highest BCUT2D eigenvalue weighted by atomic mass is 35.5. The Labute approximate surface area is 125 Å². The van der Waals surface area contributed by atoms with Crippen LogP contribution in [0, 0.1) is 0 Å². The Morgan fingerprint density at radius 1 is 1.35 bits per heavy atom. The molecule has 2 rings (SSSR count). The predicted molar refractivity (Wildman–Crippen MR) is 79.2 cm³/mol. The second-order valence-electron chi connectivity index (χ2n) is 3.77. The monoisotopic (exact) mass is 312 g/mol. The number of carbonyl (C=O) groups excluding carboxylic acids is 1. The minimum Gasteiger partial charge on any atom is -0.496 e. The maximum Gasteiger partial charge on any atom is 0.265 e. The molecule has 0 aliphatic rings. The predicted octanol–water partition coefficient (Wildman–Crippen LogP) is 3.15. The first-order chi connectivity index (χ1) is 9.69. The SMILES string of the molecule is COc1cccc(OC)c1C(=O)Nc1nc(CCl)cs1. The van der Waals surface area contributed by atoms with E-state index in [9.17, 15) is 4.79 Å². The molecule has 106 valence electrons. The molecule has 0 spiro atoms. The number of rotatable bonds is 5. The molecule has 0 radical (unpaired) electrons. The van der Waals surface area contributed by atoms with Gasteiger partial charge in [-0.15, -0.1) is 22.9 Å². The summed E-state index contributed by atoms with van der Waals surface area (Å²) in [6.45, 7) is 0. The molecule has 0 fully saturated rings. The number of carbonyl (C=O) groups is 1. The van der Waals surface area contributed by atoms with Crippen LogP contribution in [0.15, 0.2) is 23.6 Å². The molecule has 1 aromatic heterocycles. The van der Waals surface area contributed by atoms with Crippen LogP contribution in [0.1, 0.15) is 16.1 Å². The van der Waals surface area contributed by atoms with Crippen LogP contribution in [0.3, 0.4) is 0 Å². The van der Waals surface area contributed by atoms with Crippen LogP contribution < -0.4 is 14.8 Å². The summed E-state index contributed by atoms with van der Waals surface area (Å²) >= 11 is 7.00. The minimum absolute atomic E-state index is 0.310. The van der Waals surface area contributed by atoms with Crippen molar-refractivity contribution in [3.8, 4) is 11.5 Å². The quantitative estimate of drug-likeness (QED) is 0.862. The number of amides is 1. The number of thiazole rings is 1. The molecule has 20 heavy (non-hydrogen) atoms. The van der Waals surface area contributed by atoms with Crippen LogP contribution in [0.5, 0.6) is 11.5 Å². The molecular weight excluding hydrogens is 300 g/mol. The summed E-state index contributed by atoms with van der Waals surface area (Å²) in [5.41, 5.74) is 1.05. The molecule has 1 aromatic carbocycles. The normalized spacial score (nSPS) is 10.2. The summed E-state index contributed by atoms with van der Waals surface area (Å²) in [6, 6.07) is 5.15. The number of alkyl halides is 1. The molecule has 0 saturated carbocycles. The molecule has 0 saturated heterocycles. The van der Waals surface area contributed by atoms with E-state index in [1.54, 1.807) is 23.6 Å². The van der Waals surface area contributed by atoms with E-state index >= 15 is 0 Å². The second kappa shape index (κ2) is 6.58. The van der Waals surface area contributed by atoms with E-state index in [1.165, 1.54) is 25.6 Å². The van der Waals surface area contributed by atoms with E-state index in [1.807, 2.05) is 0 Å². The molecule has 0 aliphatic heterocycles. The average molecular weight is 313 g/mol. The highest BCUT2D eigenvalue weighted by molar-refractivity contribution is 7.14. The van der Waals surface area contributed by atoms with Gasteiger partial charge in [0.25, 0.3) is 5.91 Å². The maximum absolute atomic E-state index is 12.3. The Hall–Kier alpha value is -1.79. The first-order valence-electron chi connectivity index (χ1n) is 5.72. The van der Waals surface area contributed by atoms with Gasteiger partial charge in [-0.05, 0) is 12.1 Å². The van der Waals surface area contributed by atoms with Crippen molar-refractivity contribution in [2.24, 2.45) is 0 Å². The summed E-state index contributed by atoms with van der Waals surface area (Å²) in [7, 11) is 3.00. The fraction of sp³-hybridized carbons (Fsp3) is 0.231. The minimum atomic E-state index is -0.338. The number of hydrogen-bond acceptors (Lipinski definition) is 5. The number of anilines is 1. The van der Waals surface area contributed by atoms with E-state index in [4.69, 9.17) is 21.1 Å². The summed E-state index contributed by atoms with van der Waals surface area (Å²) < 4.78 is 10.4. The van der Waals surface area contributed by atoms with E-state index in [-0.39, 0.29) is 5.91 Å². The van der Waals surface area contributed by atoms with Crippen LogP contribution in [0.25, 0.3) is 0 Å². The maximum atomic E-state index is 12.3. The van der Waals surface area contributed by atoms with Gasteiger partial charge < -0.3 is 9.47 Å². The number of methoxy groups -OCH3 is 2. The smallest absolute Gasteiger partial charge is 0.265 e. The number of nitrogens with zero attached hydrogens (tertiary/aromatic N) is 1. The Morgan fingerprint density at radius 3 is 2.50 bits per heavy atom. The van der Waals surface area contributed by atoms with Crippen LogP contribution in [0.2, 0.25) is 0 Å². The Balaban J connectivity index is 2.28. The molecule has 0 unspecified atom stereocenters. The van der Waals surface area contributed by atoms with Gasteiger partial charge in [-0.2, -0.15) is 0 Å². The lowest BCUT2D eigenvalue weighted by molar-refractivity contribution is 0.102. The Morgan fingerprint density at radius 2 is 2.00 bits per heavy atom. The fourth-order valence-electron chi connectivity index (χ4n) is 1.66. The van der Waals surface area contributed by atoms with Gasteiger partial charge in [-0.1, -0.05) is 6.07 Å². The van der Waals surface area contributed by atoms with Crippen LogP contribution in [0.4, 0.5) is 5.13 Å². The summed E-state index contributed by atoms with van der Waals surface area (Å²) in [4.78, 5) is 16.5. The third kappa shape index (κ3) is 3.02. The molecule has 0 atom stereocenters. The first kappa shape index (κ1) is 14.6. The van der Waals surface area contributed by atoms with Crippen molar-refractivity contribution in [1.82, 2.24) is 4.98 Å². The number of ether oxygens (including phenoxy) is 2. The zero-order valence-electron chi connectivity index (χ0n) is 11.0. The molecule has 2 aromatic rings. The summed E-state index contributed by atoms with van der Waals surface area (Å²) in [6.07, 6.45) is 0. The van der Waals surface area contributed by atoms with E-state index in [2.05, 4.69) is 10.3 Å². The number of benzene rings is 1. The number of halogens is 1. The summed E-state index contributed by atoms with van der Waals surface area (Å²) in [5.74, 6) is 0.853. The van der Waals surface area contributed by atoms with Crippen molar-refractivity contribution in [2.75, 3.05) is 19.5 Å². The van der Waals surface area contributed by atoms with Crippen molar-refractivity contribution in [2.45, 2.75) is 5.88 Å². The number of nitrogens with one attached hydrogen (secondary N) is 1. The number of aromatic nitrogens is 1. The van der Waals surface area contributed by atoms with Crippen LogP contribution >= 0.6 is 22.9 Å². The highest BCUT2D eigenvalue weighted by Crippen LogP contribution is 2.29. The second-order valence-corrected chi connectivity index (χ2v) is 4.89. The van der Waals surface area contributed by atoms with Gasteiger partial charge in [0.1, 0.15) is 17.1 Å². The summed E-state index contributed by atoms with van der Waals surface area (Å²) in [5, 5.41) is 4.99. The average Bonchev–Trinajstić information content (AvgIpc) is 2.93. The topological polar surface area (TPSA) is 60.5 Å². The van der Waals surface area contributed by atoms with Gasteiger partial charge in [0.05, 0.1) is 25.8 Å². The van der Waals surface area contributed by atoms with Crippen LogP contribution in [-0.4, -0.2) is 25.1 Å². The van der Waals surface area contributed by atoms with Gasteiger partial charge >= 0.3 is 0 Å². The third-order valence-electron chi connectivity index (χ3n) is 2.56. The fourth-order valence-corrected chi connectivity index (χ4v) is 2.59. The molecule has 7 heteroatoms. The molecule has 0 bridgehead atoms. The van der Waals surface area contributed by atoms with Crippen LogP contribution in [-0.2, 0) is 5.88 Å². The van der Waals surface area contributed by atoms with Gasteiger partial charge in [0.15, 0.2) is 5.13 Å². The molecular formula is C13H13ClN2O3S.